The summed E-state index contributed by atoms with van der Waals surface area (Å²) in [6.07, 6.45) is -4.70. The van der Waals surface area contributed by atoms with Gasteiger partial charge >= 0.3 is 6.18 Å². The molecule has 1 aromatic carbocycles. The van der Waals surface area contributed by atoms with Gasteiger partial charge in [0, 0.05) is 18.5 Å². The number of halogens is 3. The summed E-state index contributed by atoms with van der Waals surface area (Å²) in [7, 11) is 0. The number of alkyl halides is 3. The minimum absolute atomic E-state index is 0.0142. The average Bonchev–Trinajstić information content (AvgIpc) is 2.36. The molecule has 0 saturated heterocycles. The average molecular weight is 291 g/mol. The van der Waals surface area contributed by atoms with Crippen LogP contribution < -0.4 is 11.1 Å². The van der Waals surface area contributed by atoms with Crippen molar-refractivity contribution < 1.29 is 22.9 Å². The molecular formula is C11H12F3N3O3. The first-order chi connectivity index (χ1) is 9.16. The van der Waals surface area contributed by atoms with Gasteiger partial charge in [0.05, 0.1) is 10.5 Å². The second kappa shape index (κ2) is 5.87. The van der Waals surface area contributed by atoms with Crippen LogP contribution in [0.4, 0.5) is 24.5 Å². The van der Waals surface area contributed by atoms with Crippen LogP contribution in [0.15, 0.2) is 18.2 Å². The SMILES string of the molecule is CC(CN)C(=O)Nc1ccc(C(F)(F)F)cc1[N+](=O)[O-]. The summed E-state index contributed by atoms with van der Waals surface area (Å²) >= 11 is 0. The van der Waals surface area contributed by atoms with Crippen molar-refractivity contribution in [1.29, 1.82) is 0 Å². The van der Waals surface area contributed by atoms with E-state index in [1.807, 2.05) is 0 Å². The summed E-state index contributed by atoms with van der Waals surface area (Å²) in [5.41, 5.74) is 2.98. The van der Waals surface area contributed by atoms with Crippen LogP contribution in [0.3, 0.4) is 0 Å². The van der Waals surface area contributed by atoms with Crippen molar-refractivity contribution in [2.24, 2.45) is 11.7 Å². The van der Waals surface area contributed by atoms with E-state index >= 15 is 0 Å². The quantitative estimate of drug-likeness (QED) is 0.656. The third kappa shape index (κ3) is 3.67. The molecule has 1 atom stereocenters. The van der Waals surface area contributed by atoms with E-state index in [2.05, 4.69) is 5.32 Å². The van der Waals surface area contributed by atoms with E-state index in [4.69, 9.17) is 5.73 Å². The number of amides is 1. The zero-order chi connectivity index (χ0) is 15.5. The third-order valence-corrected chi connectivity index (χ3v) is 2.58. The van der Waals surface area contributed by atoms with Crippen LogP contribution >= 0.6 is 0 Å². The molecule has 0 radical (unpaired) electrons. The van der Waals surface area contributed by atoms with E-state index in [1.54, 1.807) is 0 Å². The number of anilines is 1. The molecule has 3 N–H and O–H groups in total. The molecule has 0 saturated carbocycles. The van der Waals surface area contributed by atoms with Gasteiger partial charge in [-0.05, 0) is 12.1 Å². The third-order valence-electron chi connectivity index (χ3n) is 2.58. The maximum absolute atomic E-state index is 12.5. The smallest absolute Gasteiger partial charge is 0.330 e. The predicted octanol–water partition coefficient (Wildman–Crippen LogP) is 2.15. The normalized spacial score (nSPS) is 12.8. The molecule has 1 rings (SSSR count). The van der Waals surface area contributed by atoms with E-state index in [9.17, 15) is 28.1 Å². The predicted molar refractivity (Wildman–Crippen MR) is 64.9 cm³/mol. The summed E-state index contributed by atoms with van der Waals surface area (Å²) in [6.45, 7) is 1.51. The Bertz CT molecular complexity index is 531. The van der Waals surface area contributed by atoms with E-state index in [-0.39, 0.29) is 12.2 Å². The molecule has 1 unspecified atom stereocenters. The van der Waals surface area contributed by atoms with Crippen molar-refractivity contribution in [3.05, 3.63) is 33.9 Å². The molecule has 1 aromatic rings. The van der Waals surface area contributed by atoms with Crippen molar-refractivity contribution in [1.82, 2.24) is 0 Å². The van der Waals surface area contributed by atoms with Crippen molar-refractivity contribution in [3.8, 4) is 0 Å². The number of nitro benzene ring substituents is 1. The largest absolute Gasteiger partial charge is 0.416 e. The van der Waals surface area contributed by atoms with E-state index in [0.717, 1.165) is 6.07 Å². The molecule has 0 bridgehead atoms. The number of nitrogens with two attached hydrogens (primary N) is 1. The van der Waals surface area contributed by atoms with Gasteiger partial charge in [0.1, 0.15) is 5.69 Å². The number of carbonyl (C=O) groups excluding carboxylic acids is 1. The lowest BCUT2D eigenvalue weighted by molar-refractivity contribution is -0.384. The van der Waals surface area contributed by atoms with Crippen LogP contribution in [0.5, 0.6) is 0 Å². The monoisotopic (exact) mass is 291 g/mol. The molecule has 110 valence electrons. The maximum atomic E-state index is 12.5. The Hall–Kier alpha value is -2.16. The topological polar surface area (TPSA) is 98.3 Å². The highest BCUT2D eigenvalue weighted by Gasteiger charge is 2.33. The minimum atomic E-state index is -4.70. The number of rotatable bonds is 4. The summed E-state index contributed by atoms with van der Waals surface area (Å²) in [6, 6.07) is 1.89. The molecule has 0 heterocycles. The number of nitrogens with zero attached hydrogens (tertiary/aromatic N) is 1. The van der Waals surface area contributed by atoms with E-state index in [0.29, 0.717) is 12.1 Å². The Morgan fingerprint density at radius 3 is 2.55 bits per heavy atom. The minimum Gasteiger partial charge on any atom is -0.330 e. The highest BCUT2D eigenvalue weighted by Crippen LogP contribution is 2.35. The fraction of sp³-hybridized carbons (Fsp3) is 0.364. The molecule has 1 amide bonds. The zero-order valence-corrected chi connectivity index (χ0v) is 10.4. The molecule has 6 nitrogen and oxygen atoms in total. The summed E-state index contributed by atoms with van der Waals surface area (Å²) < 4.78 is 37.4. The Morgan fingerprint density at radius 2 is 2.10 bits per heavy atom. The Balaban J connectivity index is 3.15. The molecule has 0 aliphatic carbocycles. The Labute approximate surface area is 111 Å². The number of nitrogens with one attached hydrogen (secondary N) is 1. The molecular weight excluding hydrogens is 279 g/mol. The Kier molecular flexibility index (Phi) is 4.66. The first-order valence-electron chi connectivity index (χ1n) is 5.53. The number of benzene rings is 1. The molecule has 0 spiro atoms. The molecule has 0 aliphatic heterocycles. The van der Waals surface area contributed by atoms with Gasteiger partial charge in [-0.15, -0.1) is 0 Å². The number of hydrogen-bond donors (Lipinski definition) is 2. The molecule has 0 aliphatic rings. The van der Waals surface area contributed by atoms with Gasteiger partial charge in [0.25, 0.3) is 5.69 Å². The van der Waals surface area contributed by atoms with Gasteiger partial charge < -0.3 is 11.1 Å². The van der Waals surface area contributed by atoms with E-state index in [1.165, 1.54) is 6.92 Å². The van der Waals surface area contributed by atoms with Gasteiger partial charge in [-0.25, -0.2) is 0 Å². The first kappa shape index (κ1) is 15.9. The fourth-order valence-electron chi connectivity index (χ4n) is 1.33. The standard InChI is InChI=1S/C11H12F3N3O3/c1-6(5-15)10(18)16-8-3-2-7(11(12,13)14)4-9(8)17(19)20/h2-4,6H,5,15H2,1H3,(H,16,18). The number of nitro groups is 1. The van der Waals surface area contributed by atoms with Gasteiger partial charge in [-0.1, -0.05) is 6.92 Å². The zero-order valence-electron chi connectivity index (χ0n) is 10.4. The highest BCUT2D eigenvalue weighted by atomic mass is 19.4. The van der Waals surface area contributed by atoms with Gasteiger partial charge in [-0.2, -0.15) is 13.2 Å². The van der Waals surface area contributed by atoms with Crippen LogP contribution in [0.1, 0.15) is 12.5 Å². The van der Waals surface area contributed by atoms with Crippen LogP contribution in [0.25, 0.3) is 0 Å². The highest BCUT2D eigenvalue weighted by molar-refractivity contribution is 5.94. The van der Waals surface area contributed by atoms with Crippen LogP contribution in [-0.4, -0.2) is 17.4 Å². The Morgan fingerprint density at radius 1 is 1.50 bits per heavy atom. The number of hydrogen-bond acceptors (Lipinski definition) is 4. The molecule has 0 aromatic heterocycles. The first-order valence-corrected chi connectivity index (χ1v) is 5.53. The van der Waals surface area contributed by atoms with Crippen molar-refractivity contribution in [2.75, 3.05) is 11.9 Å². The van der Waals surface area contributed by atoms with Crippen molar-refractivity contribution in [2.45, 2.75) is 13.1 Å². The molecule has 0 fully saturated rings. The van der Waals surface area contributed by atoms with Crippen LogP contribution in [0, 0.1) is 16.0 Å². The fourth-order valence-corrected chi connectivity index (χ4v) is 1.33. The summed E-state index contributed by atoms with van der Waals surface area (Å²) in [5.74, 6) is -1.22. The van der Waals surface area contributed by atoms with Gasteiger partial charge in [0.15, 0.2) is 0 Å². The van der Waals surface area contributed by atoms with Crippen molar-refractivity contribution >= 4 is 17.3 Å². The van der Waals surface area contributed by atoms with Gasteiger partial charge in [0.2, 0.25) is 5.91 Å². The van der Waals surface area contributed by atoms with Crippen molar-refractivity contribution in [3.63, 3.8) is 0 Å². The van der Waals surface area contributed by atoms with Gasteiger partial charge in [-0.3, -0.25) is 14.9 Å². The molecule has 20 heavy (non-hydrogen) atoms. The lowest BCUT2D eigenvalue weighted by atomic mass is 10.1. The number of carbonyl (C=O) groups is 1. The second-order valence-electron chi connectivity index (χ2n) is 4.11. The lowest BCUT2D eigenvalue weighted by Crippen LogP contribution is -2.27. The maximum Gasteiger partial charge on any atom is 0.416 e. The second-order valence-corrected chi connectivity index (χ2v) is 4.11. The van der Waals surface area contributed by atoms with Crippen LogP contribution in [-0.2, 0) is 11.0 Å². The lowest BCUT2D eigenvalue weighted by Gasteiger charge is -2.12. The van der Waals surface area contributed by atoms with E-state index < -0.39 is 34.2 Å². The molecule has 9 heteroatoms. The summed E-state index contributed by atoms with van der Waals surface area (Å²) in [4.78, 5) is 21.4. The van der Waals surface area contributed by atoms with Crippen LogP contribution in [0.2, 0.25) is 0 Å². The summed E-state index contributed by atoms with van der Waals surface area (Å²) in [5, 5.41) is 13.0.